The van der Waals surface area contributed by atoms with Crippen LogP contribution in [0.4, 0.5) is 22.7 Å². The Kier molecular flexibility index (Phi) is 4.05. The maximum absolute atomic E-state index is 14.2. The minimum atomic E-state index is -1.54. The van der Waals surface area contributed by atoms with Crippen molar-refractivity contribution >= 4 is 45.1 Å². The molecular formula is C24H18N2O2S2. The molecule has 3 aromatic rings. The SMILES string of the molecule is [O-][S+]1C2=CCC=C2[S+]([O-])C12N(c1ccccc1)c1ccccc1N2c1ccccc1. The first-order chi connectivity index (χ1) is 14.7. The lowest BCUT2D eigenvalue weighted by Crippen LogP contribution is -2.61. The van der Waals surface area contributed by atoms with Gasteiger partial charge in [-0.15, -0.1) is 0 Å². The maximum Gasteiger partial charge on any atom is 0.452 e. The van der Waals surface area contributed by atoms with Crippen LogP contribution in [0.2, 0.25) is 0 Å². The van der Waals surface area contributed by atoms with Crippen molar-refractivity contribution in [2.45, 2.75) is 10.7 Å². The number of fused-ring (bicyclic) bond motifs is 2. The molecule has 1 spiro atoms. The van der Waals surface area contributed by atoms with Crippen molar-refractivity contribution in [3.8, 4) is 0 Å². The van der Waals surface area contributed by atoms with E-state index in [9.17, 15) is 9.11 Å². The van der Waals surface area contributed by atoms with E-state index in [0.29, 0.717) is 16.2 Å². The monoisotopic (exact) mass is 430 g/mol. The summed E-state index contributed by atoms with van der Waals surface area (Å²) in [4.78, 5) is 5.43. The number of benzene rings is 3. The average molecular weight is 431 g/mol. The third-order valence-electron chi connectivity index (χ3n) is 5.69. The summed E-state index contributed by atoms with van der Waals surface area (Å²) in [6.07, 6.45) is 4.59. The number of para-hydroxylation sites is 4. The second-order valence-corrected chi connectivity index (χ2v) is 10.6. The van der Waals surface area contributed by atoms with E-state index >= 15 is 0 Å². The van der Waals surface area contributed by atoms with Crippen molar-refractivity contribution in [2.24, 2.45) is 0 Å². The Balaban J connectivity index is 1.70. The quantitative estimate of drug-likeness (QED) is 0.520. The number of rotatable bonds is 2. The largest absolute Gasteiger partial charge is 0.604 e. The molecule has 2 atom stereocenters. The van der Waals surface area contributed by atoms with E-state index < -0.39 is 26.7 Å². The third kappa shape index (κ3) is 2.22. The molecule has 0 N–H and O–H groups in total. The zero-order chi connectivity index (χ0) is 20.3. The van der Waals surface area contributed by atoms with Gasteiger partial charge in [0.25, 0.3) is 0 Å². The number of hydrogen-bond donors (Lipinski definition) is 0. The Morgan fingerprint density at radius 3 is 1.43 bits per heavy atom. The van der Waals surface area contributed by atoms with Crippen molar-refractivity contribution in [1.29, 1.82) is 0 Å². The van der Waals surface area contributed by atoms with Crippen LogP contribution in [0.25, 0.3) is 0 Å². The molecule has 0 bridgehead atoms. The molecule has 4 nitrogen and oxygen atoms in total. The molecule has 2 heterocycles. The van der Waals surface area contributed by atoms with Crippen molar-refractivity contribution < 1.29 is 9.11 Å². The minimum absolute atomic E-state index is 0.682. The molecular weight excluding hydrogens is 412 g/mol. The summed E-state index contributed by atoms with van der Waals surface area (Å²) in [7, 11) is 0. The van der Waals surface area contributed by atoms with Crippen LogP contribution in [0.5, 0.6) is 0 Å². The first kappa shape index (κ1) is 18.2. The van der Waals surface area contributed by atoms with Gasteiger partial charge in [0.05, 0.1) is 45.1 Å². The first-order valence-corrected chi connectivity index (χ1v) is 12.1. The summed E-state index contributed by atoms with van der Waals surface area (Å²) in [5.41, 5.74) is 3.53. The number of anilines is 4. The van der Waals surface area contributed by atoms with Gasteiger partial charge in [-0.25, -0.2) is 9.80 Å². The smallest absolute Gasteiger partial charge is 0.452 e. The van der Waals surface area contributed by atoms with Crippen LogP contribution in [0.3, 0.4) is 0 Å². The molecule has 2 aliphatic heterocycles. The predicted molar refractivity (Wildman–Crippen MR) is 123 cm³/mol. The summed E-state index contributed by atoms with van der Waals surface area (Å²) in [6.45, 7) is 0. The molecule has 0 aromatic heterocycles. The van der Waals surface area contributed by atoms with E-state index in [-0.39, 0.29) is 0 Å². The summed E-state index contributed by atoms with van der Waals surface area (Å²) in [5.74, 6) is 0. The van der Waals surface area contributed by atoms with E-state index in [1.807, 2.05) is 107 Å². The fraction of sp³-hybridized carbons (Fsp3) is 0.0833. The van der Waals surface area contributed by atoms with E-state index in [0.717, 1.165) is 22.7 Å². The topological polar surface area (TPSA) is 52.6 Å². The van der Waals surface area contributed by atoms with Gasteiger partial charge >= 0.3 is 4.33 Å². The summed E-state index contributed by atoms with van der Waals surface area (Å²) in [5, 5.41) is 0. The van der Waals surface area contributed by atoms with Gasteiger partial charge in [-0.05, 0) is 55.0 Å². The van der Waals surface area contributed by atoms with Crippen molar-refractivity contribution in [3.05, 3.63) is 107 Å². The highest BCUT2D eigenvalue weighted by Gasteiger charge is 2.77. The van der Waals surface area contributed by atoms with Crippen LogP contribution >= 0.6 is 0 Å². The first-order valence-electron chi connectivity index (χ1n) is 9.78. The fourth-order valence-electron chi connectivity index (χ4n) is 4.50. The Morgan fingerprint density at radius 2 is 1.00 bits per heavy atom. The van der Waals surface area contributed by atoms with E-state index in [1.165, 1.54) is 0 Å². The molecule has 2 unspecified atom stereocenters. The van der Waals surface area contributed by atoms with Crippen molar-refractivity contribution in [3.63, 3.8) is 0 Å². The second kappa shape index (κ2) is 6.68. The third-order valence-corrected chi connectivity index (χ3v) is 10.00. The lowest BCUT2D eigenvalue weighted by molar-refractivity contribution is 0.557. The Hall–Kier alpha value is -2.64. The standard InChI is InChI=1S/C24H18N2O2S2/c27-29-22-16-9-17-23(22)30(28)24(29)25(18-10-3-1-4-11-18)20-14-7-8-15-21(20)26(24)19-12-5-2-6-13-19/h1-8,10-17H,9H2. The zero-order valence-electron chi connectivity index (χ0n) is 16.0. The molecule has 6 heteroatoms. The lowest BCUT2D eigenvalue weighted by Gasteiger charge is -2.38. The predicted octanol–water partition coefficient (Wildman–Crippen LogP) is 5.27. The molecule has 0 amide bonds. The molecule has 0 radical (unpaired) electrons. The van der Waals surface area contributed by atoms with Gasteiger partial charge < -0.3 is 9.11 Å². The molecule has 3 aliphatic rings. The highest BCUT2D eigenvalue weighted by Crippen LogP contribution is 2.63. The van der Waals surface area contributed by atoms with Crippen molar-refractivity contribution in [2.75, 3.05) is 9.80 Å². The highest BCUT2D eigenvalue weighted by molar-refractivity contribution is 8.18. The molecule has 1 aliphatic carbocycles. The Labute approximate surface area is 181 Å². The van der Waals surface area contributed by atoms with E-state index in [4.69, 9.17) is 0 Å². The highest BCUT2D eigenvalue weighted by atomic mass is 32.3. The fourth-order valence-corrected chi connectivity index (χ4v) is 9.12. The minimum Gasteiger partial charge on any atom is -0.604 e. The van der Waals surface area contributed by atoms with Gasteiger partial charge in [-0.1, -0.05) is 48.5 Å². The van der Waals surface area contributed by atoms with Gasteiger partial charge in [0.1, 0.15) is 0 Å². The molecule has 1 fully saturated rings. The molecule has 3 aromatic carbocycles. The van der Waals surface area contributed by atoms with Gasteiger partial charge in [-0.3, -0.25) is 0 Å². The van der Waals surface area contributed by atoms with Gasteiger partial charge in [0.2, 0.25) is 9.81 Å². The van der Waals surface area contributed by atoms with Crippen LogP contribution < -0.4 is 9.80 Å². The molecule has 1 saturated heterocycles. The number of allylic oxidation sites excluding steroid dienone is 2. The summed E-state index contributed by atoms with van der Waals surface area (Å²) in [6, 6.07) is 27.6. The van der Waals surface area contributed by atoms with Crippen molar-refractivity contribution in [1.82, 2.24) is 0 Å². The molecule has 30 heavy (non-hydrogen) atoms. The van der Waals surface area contributed by atoms with Crippen LogP contribution in [0.15, 0.2) is 107 Å². The van der Waals surface area contributed by atoms with Gasteiger partial charge in [0.15, 0.2) is 0 Å². The Morgan fingerprint density at radius 1 is 0.600 bits per heavy atom. The maximum atomic E-state index is 14.2. The van der Waals surface area contributed by atoms with E-state index in [2.05, 4.69) is 0 Å². The van der Waals surface area contributed by atoms with E-state index in [1.54, 1.807) is 0 Å². The van der Waals surface area contributed by atoms with Gasteiger partial charge in [-0.2, -0.15) is 0 Å². The molecule has 0 saturated carbocycles. The summed E-state index contributed by atoms with van der Waals surface area (Å²) < 4.78 is 27.1. The lowest BCUT2D eigenvalue weighted by atomic mass is 10.2. The van der Waals surface area contributed by atoms with Crippen LogP contribution in [-0.4, -0.2) is 13.4 Å². The molecule has 148 valence electrons. The number of hydrogen-bond acceptors (Lipinski definition) is 4. The van der Waals surface area contributed by atoms with Crippen LogP contribution in [0, 0.1) is 0 Å². The normalized spacial score (nSPS) is 23.4. The average Bonchev–Trinajstić information content (AvgIpc) is 3.45. The zero-order valence-corrected chi connectivity index (χ0v) is 17.6. The second-order valence-electron chi connectivity index (χ2n) is 7.29. The van der Waals surface area contributed by atoms with Crippen LogP contribution in [0.1, 0.15) is 6.42 Å². The Bertz CT molecular complexity index is 1090. The van der Waals surface area contributed by atoms with Gasteiger partial charge in [0, 0.05) is 0 Å². The summed E-state index contributed by atoms with van der Waals surface area (Å²) >= 11 is -3.07. The molecule has 6 rings (SSSR count). The number of nitrogens with zero attached hydrogens (tertiary/aromatic N) is 2. The van der Waals surface area contributed by atoms with Crippen LogP contribution in [-0.2, 0) is 22.4 Å².